The molecule has 1 rings (SSSR count). The number of likely N-dealkylation sites (tertiary alicyclic amines) is 1. The van der Waals surface area contributed by atoms with E-state index >= 15 is 0 Å². The number of nitrogens with zero attached hydrogens (tertiary/aromatic N) is 1. The molecule has 0 aromatic rings. The van der Waals surface area contributed by atoms with Crippen LogP contribution in [0.15, 0.2) is 0 Å². The molecule has 0 aromatic carbocycles. The lowest BCUT2D eigenvalue weighted by molar-refractivity contribution is -0.131. The summed E-state index contributed by atoms with van der Waals surface area (Å²) in [5, 5.41) is 0. The summed E-state index contributed by atoms with van der Waals surface area (Å²) in [5.74, 6) is 0.290. The van der Waals surface area contributed by atoms with Gasteiger partial charge in [0.05, 0.1) is 0 Å². The van der Waals surface area contributed by atoms with Gasteiger partial charge in [0.15, 0.2) is 0 Å². The molecule has 1 saturated heterocycles. The Balaban J connectivity index is 2.40. The van der Waals surface area contributed by atoms with Crippen LogP contribution in [0.5, 0.6) is 0 Å². The maximum absolute atomic E-state index is 11.8. The van der Waals surface area contributed by atoms with Gasteiger partial charge in [-0.25, -0.2) is 0 Å². The largest absolute Gasteiger partial charge is 0.343 e. The monoisotopic (exact) mass is 212 g/mol. The van der Waals surface area contributed by atoms with Crippen molar-refractivity contribution in [3.8, 4) is 0 Å². The van der Waals surface area contributed by atoms with Gasteiger partial charge in [0.25, 0.3) is 0 Å². The van der Waals surface area contributed by atoms with E-state index in [2.05, 4.69) is 13.8 Å². The molecule has 1 aliphatic rings. The van der Waals surface area contributed by atoms with Gasteiger partial charge in [0, 0.05) is 19.5 Å². The predicted octanol–water partition coefficient (Wildman–Crippen LogP) is 1.76. The van der Waals surface area contributed by atoms with E-state index in [0.29, 0.717) is 18.4 Å². The molecule has 1 fully saturated rings. The van der Waals surface area contributed by atoms with Crippen molar-refractivity contribution < 1.29 is 4.79 Å². The van der Waals surface area contributed by atoms with E-state index < -0.39 is 0 Å². The van der Waals surface area contributed by atoms with Crippen LogP contribution in [0.1, 0.15) is 46.0 Å². The Kier molecular flexibility index (Phi) is 4.58. The van der Waals surface area contributed by atoms with Crippen molar-refractivity contribution in [2.45, 2.75) is 46.0 Å². The molecule has 88 valence electrons. The summed E-state index contributed by atoms with van der Waals surface area (Å²) < 4.78 is 0. The Labute approximate surface area is 93.0 Å². The average molecular weight is 212 g/mol. The maximum Gasteiger partial charge on any atom is 0.222 e. The Hall–Kier alpha value is -0.570. The van der Waals surface area contributed by atoms with Crippen molar-refractivity contribution in [2.75, 3.05) is 19.6 Å². The maximum atomic E-state index is 11.8. The van der Waals surface area contributed by atoms with Gasteiger partial charge in [0.1, 0.15) is 0 Å². The Morgan fingerprint density at radius 1 is 1.33 bits per heavy atom. The molecular formula is C12H24N2O. The third kappa shape index (κ3) is 4.20. The fraction of sp³-hybridized carbons (Fsp3) is 0.917. The van der Waals surface area contributed by atoms with E-state index in [0.717, 1.165) is 32.4 Å². The molecule has 3 nitrogen and oxygen atoms in total. The van der Waals surface area contributed by atoms with Crippen molar-refractivity contribution in [1.29, 1.82) is 0 Å². The van der Waals surface area contributed by atoms with Gasteiger partial charge >= 0.3 is 0 Å². The summed E-state index contributed by atoms with van der Waals surface area (Å²) in [4.78, 5) is 13.8. The second-order valence-corrected chi connectivity index (χ2v) is 5.29. The molecule has 0 atom stereocenters. The van der Waals surface area contributed by atoms with E-state index in [1.165, 1.54) is 6.42 Å². The smallest absolute Gasteiger partial charge is 0.222 e. The minimum Gasteiger partial charge on any atom is -0.343 e. The highest BCUT2D eigenvalue weighted by atomic mass is 16.2. The van der Waals surface area contributed by atoms with Gasteiger partial charge in [-0.1, -0.05) is 13.8 Å². The van der Waals surface area contributed by atoms with Crippen LogP contribution in [0.3, 0.4) is 0 Å². The average Bonchev–Trinajstić information content (AvgIpc) is 2.36. The minimum atomic E-state index is 0.290. The Morgan fingerprint density at radius 2 is 2.07 bits per heavy atom. The molecule has 3 heteroatoms. The molecule has 0 radical (unpaired) electrons. The molecule has 15 heavy (non-hydrogen) atoms. The molecule has 0 aliphatic carbocycles. The van der Waals surface area contributed by atoms with Gasteiger partial charge in [-0.15, -0.1) is 0 Å². The van der Waals surface area contributed by atoms with Crippen molar-refractivity contribution in [3.05, 3.63) is 0 Å². The number of carbonyl (C=O) groups is 1. The van der Waals surface area contributed by atoms with E-state index in [9.17, 15) is 4.79 Å². The molecule has 0 spiro atoms. The van der Waals surface area contributed by atoms with Crippen molar-refractivity contribution in [2.24, 2.45) is 11.1 Å². The minimum absolute atomic E-state index is 0.290. The van der Waals surface area contributed by atoms with E-state index in [-0.39, 0.29) is 5.91 Å². The van der Waals surface area contributed by atoms with Crippen LogP contribution in [0, 0.1) is 5.41 Å². The molecule has 0 aromatic heterocycles. The number of rotatable bonds is 3. The molecule has 0 bridgehead atoms. The van der Waals surface area contributed by atoms with E-state index in [4.69, 9.17) is 5.73 Å². The number of hydrogen-bond acceptors (Lipinski definition) is 2. The fourth-order valence-electron chi connectivity index (χ4n) is 2.08. The van der Waals surface area contributed by atoms with Gasteiger partial charge < -0.3 is 10.6 Å². The van der Waals surface area contributed by atoms with E-state index in [1.54, 1.807) is 0 Å². The normalized spacial score (nSPS) is 21.1. The summed E-state index contributed by atoms with van der Waals surface area (Å²) in [7, 11) is 0. The first kappa shape index (κ1) is 12.5. The van der Waals surface area contributed by atoms with Crippen LogP contribution in [-0.4, -0.2) is 30.4 Å². The number of carbonyl (C=O) groups excluding carboxylic acids is 1. The third-order valence-corrected chi connectivity index (χ3v) is 3.29. The first-order chi connectivity index (χ1) is 7.05. The van der Waals surface area contributed by atoms with Crippen LogP contribution in [0.25, 0.3) is 0 Å². The van der Waals surface area contributed by atoms with Gasteiger partial charge in [-0.05, 0) is 37.6 Å². The summed E-state index contributed by atoms with van der Waals surface area (Å²) >= 11 is 0. The topological polar surface area (TPSA) is 46.3 Å². The third-order valence-electron chi connectivity index (χ3n) is 3.29. The lowest BCUT2D eigenvalue weighted by Crippen LogP contribution is -2.32. The highest BCUT2D eigenvalue weighted by Gasteiger charge is 2.24. The zero-order valence-electron chi connectivity index (χ0n) is 10.1. The zero-order chi connectivity index (χ0) is 11.3. The van der Waals surface area contributed by atoms with Crippen molar-refractivity contribution in [3.63, 3.8) is 0 Å². The first-order valence-electron chi connectivity index (χ1n) is 6.03. The van der Waals surface area contributed by atoms with Gasteiger partial charge in [-0.2, -0.15) is 0 Å². The molecular weight excluding hydrogens is 188 g/mol. The first-order valence-corrected chi connectivity index (χ1v) is 6.03. The second-order valence-electron chi connectivity index (χ2n) is 5.29. The van der Waals surface area contributed by atoms with Crippen molar-refractivity contribution in [1.82, 2.24) is 4.90 Å². The summed E-state index contributed by atoms with van der Waals surface area (Å²) in [5.41, 5.74) is 5.82. The van der Waals surface area contributed by atoms with Crippen molar-refractivity contribution >= 4 is 5.91 Å². The molecule has 2 N–H and O–H groups in total. The summed E-state index contributed by atoms with van der Waals surface area (Å²) in [6.45, 7) is 7.07. The quantitative estimate of drug-likeness (QED) is 0.775. The molecule has 1 amide bonds. The number of hydrogen-bond donors (Lipinski definition) is 1. The highest BCUT2D eigenvalue weighted by molar-refractivity contribution is 5.76. The highest BCUT2D eigenvalue weighted by Crippen LogP contribution is 2.29. The summed E-state index contributed by atoms with van der Waals surface area (Å²) in [6.07, 6.45) is 4.94. The predicted molar refractivity (Wildman–Crippen MR) is 62.5 cm³/mol. The number of nitrogens with two attached hydrogens (primary N) is 1. The van der Waals surface area contributed by atoms with Crippen LogP contribution in [0.2, 0.25) is 0 Å². The van der Waals surface area contributed by atoms with Crippen LogP contribution < -0.4 is 5.73 Å². The van der Waals surface area contributed by atoms with Crippen LogP contribution in [0.4, 0.5) is 0 Å². The van der Waals surface area contributed by atoms with E-state index in [1.807, 2.05) is 4.90 Å². The van der Waals surface area contributed by atoms with Crippen LogP contribution >= 0.6 is 0 Å². The second kappa shape index (κ2) is 5.50. The lowest BCUT2D eigenvalue weighted by Gasteiger charge is -2.23. The Bertz CT molecular complexity index is 214. The summed E-state index contributed by atoms with van der Waals surface area (Å²) in [6, 6.07) is 0. The molecule has 0 unspecified atom stereocenters. The number of amides is 1. The standard InChI is InChI=1S/C12H24N2O/c1-12(2)6-4-9-14(10-7-12)11(15)5-3-8-13/h3-10,13H2,1-2H3. The fourth-order valence-corrected chi connectivity index (χ4v) is 2.08. The van der Waals surface area contributed by atoms with Gasteiger partial charge in [-0.3, -0.25) is 4.79 Å². The SMILES string of the molecule is CC1(C)CCCN(C(=O)CCCN)CC1. The Morgan fingerprint density at radius 3 is 2.73 bits per heavy atom. The molecule has 1 aliphatic heterocycles. The van der Waals surface area contributed by atoms with Crippen LogP contribution in [-0.2, 0) is 4.79 Å². The molecule has 1 heterocycles. The van der Waals surface area contributed by atoms with Gasteiger partial charge in [0.2, 0.25) is 5.91 Å². The zero-order valence-corrected chi connectivity index (χ0v) is 10.1. The lowest BCUT2D eigenvalue weighted by atomic mass is 9.85. The molecule has 0 saturated carbocycles.